The third-order valence-corrected chi connectivity index (χ3v) is 3.02. The molecule has 1 aromatic carbocycles. The Kier molecular flexibility index (Phi) is 2.70. The molecule has 1 aromatic rings. The fourth-order valence-electron chi connectivity index (χ4n) is 2.14. The number of para-hydroxylation sites is 2. The molecule has 0 aliphatic carbocycles. The SMILES string of the molecule is O=C(C1C=NC=C2C=Nc3ccccc3N21)C(F)(F)F. The predicted molar refractivity (Wildman–Crippen MR) is 68.5 cm³/mol. The first-order chi connectivity index (χ1) is 9.48. The number of anilines is 1. The number of nitrogens with zero attached hydrogens (tertiary/aromatic N) is 3. The van der Waals surface area contributed by atoms with Crippen molar-refractivity contribution >= 4 is 29.6 Å². The maximum absolute atomic E-state index is 12.7. The van der Waals surface area contributed by atoms with E-state index in [4.69, 9.17) is 0 Å². The maximum Gasteiger partial charge on any atom is 0.452 e. The summed E-state index contributed by atoms with van der Waals surface area (Å²) in [5.74, 6) is -1.85. The molecule has 1 unspecified atom stereocenters. The van der Waals surface area contributed by atoms with Gasteiger partial charge in [0.2, 0.25) is 0 Å². The summed E-state index contributed by atoms with van der Waals surface area (Å²) in [5.41, 5.74) is 1.32. The molecule has 20 heavy (non-hydrogen) atoms. The van der Waals surface area contributed by atoms with Crippen molar-refractivity contribution in [2.75, 3.05) is 4.90 Å². The minimum absolute atomic E-state index is 0.355. The monoisotopic (exact) mass is 279 g/mol. The van der Waals surface area contributed by atoms with E-state index in [1.807, 2.05) is 0 Å². The number of Topliss-reactive ketones (excluding diaryl/α,β-unsaturated/α-hetero) is 1. The molecule has 0 amide bonds. The predicted octanol–water partition coefficient (Wildman–Crippen LogP) is 2.63. The van der Waals surface area contributed by atoms with Gasteiger partial charge in [-0.2, -0.15) is 13.2 Å². The summed E-state index contributed by atoms with van der Waals surface area (Å²) in [6, 6.07) is 5.20. The third kappa shape index (κ3) is 1.91. The van der Waals surface area contributed by atoms with Crippen molar-refractivity contribution in [1.29, 1.82) is 0 Å². The smallest absolute Gasteiger partial charge is 0.321 e. The summed E-state index contributed by atoms with van der Waals surface area (Å²) in [6.07, 6.45) is -1.15. The number of carbonyl (C=O) groups excluding carboxylic acids is 1. The van der Waals surface area contributed by atoms with Crippen LogP contribution in [0.2, 0.25) is 0 Å². The van der Waals surface area contributed by atoms with Gasteiger partial charge < -0.3 is 4.90 Å². The number of alkyl halides is 3. The largest absolute Gasteiger partial charge is 0.452 e. The Morgan fingerprint density at radius 2 is 2.00 bits per heavy atom. The van der Waals surface area contributed by atoms with Gasteiger partial charge in [0.25, 0.3) is 5.78 Å². The van der Waals surface area contributed by atoms with E-state index in [2.05, 4.69) is 9.98 Å². The molecule has 0 N–H and O–H groups in total. The van der Waals surface area contributed by atoms with Gasteiger partial charge in [-0.3, -0.25) is 14.8 Å². The molecule has 0 radical (unpaired) electrons. The van der Waals surface area contributed by atoms with Crippen molar-refractivity contribution in [1.82, 2.24) is 0 Å². The van der Waals surface area contributed by atoms with Crippen LogP contribution in [-0.4, -0.2) is 30.4 Å². The van der Waals surface area contributed by atoms with E-state index in [0.717, 1.165) is 6.21 Å². The molecule has 0 saturated heterocycles. The number of hydrogen-bond acceptors (Lipinski definition) is 4. The van der Waals surface area contributed by atoms with Gasteiger partial charge in [-0.25, -0.2) is 0 Å². The Hall–Kier alpha value is -2.44. The molecule has 1 atom stereocenters. The van der Waals surface area contributed by atoms with Crippen LogP contribution in [0.25, 0.3) is 0 Å². The van der Waals surface area contributed by atoms with E-state index in [9.17, 15) is 18.0 Å². The van der Waals surface area contributed by atoms with Crippen LogP contribution < -0.4 is 4.90 Å². The van der Waals surface area contributed by atoms with Crippen molar-refractivity contribution in [3.05, 3.63) is 36.2 Å². The van der Waals surface area contributed by atoms with Crippen LogP contribution in [0.5, 0.6) is 0 Å². The van der Waals surface area contributed by atoms with Crippen LogP contribution in [-0.2, 0) is 4.79 Å². The van der Waals surface area contributed by atoms with E-state index < -0.39 is 18.0 Å². The number of carbonyl (C=O) groups is 1. The first kappa shape index (κ1) is 12.6. The molecule has 0 fully saturated rings. The highest BCUT2D eigenvalue weighted by Crippen LogP contribution is 2.37. The van der Waals surface area contributed by atoms with Crippen LogP contribution >= 0.6 is 0 Å². The average molecular weight is 279 g/mol. The van der Waals surface area contributed by atoms with Crippen molar-refractivity contribution < 1.29 is 18.0 Å². The normalized spacial score (nSPS) is 20.2. The lowest BCUT2D eigenvalue weighted by molar-refractivity contribution is -0.170. The Balaban J connectivity index is 2.09. The van der Waals surface area contributed by atoms with Crippen LogP contribution in [0.4, 0.5) is 24.5 Å². The van der Waals surface area contributed by atoms with E-state index in [0.29, 0.717) is 17.1 Å². The molecule has 0 aromatic heterocycles. The standard InChI is InChI=1S/C13H8F3N3O/c14-13(15,16)12(20)11-7-17-5-8-6-18-9-3-1-2-4-10(9)19(8)11/h1-7,11H. The highest BCUT2D eigenvalue weighted by Gasteiger charge is 2.47. The van der Waals surface area contributed by atoms with Crippen LogP contribution in [0, 0.1) is 0 Å². The highest BCUT2D eigenvalue weighted by atomic mass is 19.4. The number of allylic oxidation sites excluding steroid dienone is 1. The van der Waals surface area contributed by atoms with Gasteiger partial charge in [0.05, 0.1) is 29.5 Å². The minimum Gasteiger partial charge on any atom is -0.321 e. The zero-order valence-corrected chi connectivity index (χ0v) is 10.0. The maximum atomic E-state index is 12.7. The number of aliphatic imine (C=N–C) groups is 2. The van der Waals surface area contributed by atoms with Crippen molar-refractivity contribution in [2.45, 2.75) is 12.2 Å². The fourth-order valence-corrected chi connectivity index (χ4v) is 2.14. The van der Waals surface area contributed by atoms with Crippen molar-refractivity contribution in [2.24, 2.45) is 9.98 Å². The summed E-state index contributed by atoms with van der Waals surface area (Å²) in [4.78, 5) is 20.7. The lowest BCUT2D eigenvalue weighted by Gasteiger charge is -2.35. The summed E-state index contributed by atoms with van der Waals surface area (Å²) in [7, 11) is 0. The van der Waals surface area contributed by atoms with Gasteiger partial charge in [0, 0.05) is 6.21 Å². The summed E-state index contributed by atoms with van der Waals surface area (Å²) < 4.78 is 38.0. The topological polar surface area (TPSA) is 45.0 Å². The zero-order valence-electron chi connectivity index (χ0n) is 10.0. The van der Waals surface area contributed by atoms with Crippen molar-refractivity contribution in [3.8, 4) is 0 Å². The molecule has 2 aliphatic heterocycles. The molecule has 102 valence electrons. The number of ketones is 1. The zero-order chi connectivity index (χ0) is 14.3. The molecular weight excluding hydrogens is 271 g/mol. The number of fused-ring (bicyclic) bond motifs is 3. The van der Waals surface area contributed by atoms with E-state index in [1.54, 1.807) is 24.3 Å². The Morgan fingerprint density at radius 3 is 2.75 bits per heavy atom. The average Bonchev–Trinajstić information content (AvgIpc) is 2.44. The van der Waals surface area contributed by atoms with Gasteiger partial charge >= 0.3 is 6.18 Å². The second-order valence-corrected chi connectivity index (χ2v) is 4.28. The number of rotatable bonds is 1. The van der Waals surface area contributed by atoms with Gasteiger partial charge in [-0.05, 0) is 12.1 Å². The van der Waals surface area contributed by atoms with Crippen molar-refractivity contribution in [3.63, 3.8) is 0 Å². The Morgan fingerprint density at radius 1 is 1.25 bits per heavy atom. The first-order valence-electron chi connectivity index (χ1n) is 5.75. The summed E-state index contributed by atoms with van der Waals surface area (Å²) in [6.45, 7) is 0. The molecule has 0 saturated carbocycles. The number of benzene rings is 1. The number of halogens is 3. The molecule has 3 rings (SSSR count). The summed E-state index contributed by atoms with van der Waals surface area (Å²) >= 11 is 0. The van der Waals surface area contributed by atoms with E-state index >= 15 is 0 Å². The molecule has 2 aliphatic rings. The van der Waals surface area contributed by atoms with Crippen LogP contribution in [0.1, 0.15) is 0 Å². The highest BCUT2D eigenvalue weighted by molar-refractivity contribution is 6.10. The van der Waals surface area contributed by atoms with Crippen LogP contribution in [0.3, 0.4) is 0 Å². The quantitative estimate of drug-likeness (QED) is 0.793. The van der Waals surface area contributed by atoms with Gasteiger partial charge in [0.15, 0.2) is 0 Å². The van der Waals surface area contributed by atoms with Gasteiger partial charge in [0.1, 0.15) is 6.04 Å². The first-order valence-corrected chi connectivity index (χ1v) is 5.75. The number of hydrogen-bond donors (Lipinski definition) is 0. The van der Waals surface area contributed by atoms with Gasteiger partial charge in [-0.15, -0.1) is 0 Å². The molecule has 7 heteroatoms. The lowest BCUT2D eigenvalue weighted by atomic mass is 10.1. The molecule has 4 nitrogen and oxygen atoms in total. The van der Waals surface area contributed by atoms with Crippen LogP contribution in [0.15, 0.2) is 46.1 Å². The molecule has 0 bridgehead atoms. The minimum atomic E-state index is -4.91. The molecule has 0 spiro atoms. The third-order valence-electron chi connectivity index (χ3n) is 3.02. The second kappa shape index (κ2) is 4.29. The van der Waals surface area contributed by atoms with Gasteiger partial charge in [-0.1, -0.05) is 12.1 Å². The second-order valence-electron chi connectivity index (χ2n) is 4.28. The van der Waals surface area contributed by atoms with E-state index in [-0.39, 0.29) is 0 Å². The fraction of sp³-hybridized carbons (Fsp3) is 0.154. The summed E-state index contributed by atoms with van der Waals surface area (Å²) in [5, 5.41) is 0. The lowest BCUT2D eigenvalue weighted by Crippen LogP contribution is -2.49. The molecular formula is C13H8F3N3O. The Labute approximate surface area is 111 Å². The molecule has 2 heterocycles. The van der Waals surface area contributed by atoms with E-state index in [1.165, 1.54) is 17.3 Å². The Bertz CT molecular complexity index is 661.